The summed E-state index contributed by atoms with van der Waals surface area (Å²) in [6, 6.07) is 7.24. The number of aryl methyl sites for hydroxylation is 2. The van der Waals surface area contributed by atoms with Crippen LogP contribution in [0.5, 0.6) is 5.75 Å². The lowest BCUT2D eigenvalue weighted by Gasteiger charge is -2.12. The minimum absolute atomic E-state index is 0.0593. The quantitative estimate of drug-likeness (QED) is 0.907. The molecule has 6 heteroatoms. The van der Waals surface area contributed by atoms with Gasteiger partial charge in [0.25, 0.3) is 5.56 Å². The normalized spacial score (nSPS) is 10.4. The van der Waals surface area contributed by atoms with E-state index in [1.165, 1.54) is 4.57 Å². The average Bonchev–Trinajstić information content (AvgIpc) is 2.44. The summed E-state index contributed by atoms with van der Waals surface area (Å²) in [5, 5.41) is 2.78. The number of benzene rings is 1. The number of halogens is 1. The minimum Gasteiger partial charge on any atom is -0.495 e. The number of anilines is 1. The van der Waals surface area contributed by atoms with Crippen molar-refractivity contribution in [1.82, 2.24) is 4.57 Å². The molecule has 0 aliphatic heterocycles. The van der Waals surface area contributed by atoms with Crippen molar-refractivity contribution in [2.45, 2.75) is 20.4 Å². The number of pyridine rings is 1. The topological polar surface area (TPSA) is 60.3 Å². The van der Waals surface area contributed by atoms with E-state index in [-0.39, 0.29) is 18.0 Å². The summed E-state index contributed by atoms with van der Waals surface area (Å²) in [5.74, 6) is 0.292. The SMILES string of the molecule is COc1ccc(C)cc1NC(=O)Cn1cc(Br)cc(C)c1=O. The second-order valence-electron chi connectivity index (χ2n) is 5.03. The molecule has 0 saturated heterocycles. The van der Waals surface area contributed by atoms with Gasteiger partial charge in [-0.15, -0.1) is 0 Å². The maximum atomic E-state index is 12.2. The molecule has 5 nitrogen and oxygen atoms in total. The molecule has 0 aliphatic carbocycles. The second kappa shape index (κ2) is 6.79. The highest BCUT2D eigenvalue weighted by Gasteiger charge is 2.10. The van der Waals surface area contributed by atoms with Crippen molar-refractivity contribution in [3.05, 3.63) is 56.4 Å². The maximum Gasteiger partial charge on any atom is 0.253 e. The van der Waals surface area contributed by atoms with Crippen LogP contribution in [0, 0.1) is 13.8 Å². The van der Waals surface area contributed by atoms with Gasteiger partial charge in [-0.25, -0.2) is 0 Å². The summed E-state index contributed by atoms with van der Waals surface area (Å²) in [4.78, 5) is 24.2. The molecule has 0 bridgehead atoms. The third-order valence-corrected chi connectivity index (χ3v) is 3.61. The van der Waals surface area contributed by atoms with Gasteiger partial charge in [0, 0.05) is 16.2 Å². The number of nitrogens with zero attached hydrogens (tertiary/aromatic N) is 1. The Balaban J connectivity index is 2.21. The first-order valence-electron chi connectivity index (χ1n) is 6.72. The Morgan fingerprint density at radius 1 is 1.32 bits per heavy atom. The number of methoxy groups -OCH3 is 1. The Labute approximate surface area is 137 Å². The Morgan fingerprint density at radius 3 is 2.73 bits per heavy atom. The molecule has 22 heavy (non-hydrogen) atoms. The van der Waals surface area contributed by atoms with E-state index in [1.807, 2.05) is 19.1 Å². The largest absolute Gasteiger partial charge is 0.495 e. The fourth-order valence-corrected chi connectivity index (χ4v) is 2.71. The van der Waals surface area contributed by atoms with Gasteiger partial charge >= 0.3 is 0 Å². The standard InChI is InChI=1S/C16H17BrN2O3/c1-10-4-5-14(22-3)13(6-10)18-15(20)9-19-8-12(17)7-11(2)16(19)21/h4-8H,9H2,1-3H3,(H,18,20). The zero-order chi connectivity index (χ0) is 16.3. The molecule has 116 valence electrons. The van der Waals surface area contributed by atoms with Crippen LogP contribution in [0.2, 0.25) is 0 Å². The van der Waals surface area contributed by atoms with Crippen LogP contribution in [0.15, 0.2) is 39.7 Å². The van der Waals surface area contributed by atoms with E-state index in [0.717, 1.165) is 10.0 Å². The van der Waals surface area contributed by atoms with Crippen LogP contribution in [0.3, 0.4) is 0 Å². The van der Waals surface area contributed by atoms with Gasteiger partial charge in [0.1, 0.15) is 12.3 Å². The molecule has 1 N–H and O–H groups in total. The highest BCUT2D eigenvalue weighted by molar-refractivity contribution is 9.10. The number of hydrogen-bond acceptors (Lipinski definition) is 3. The molecule has 0 fully saturated rings. The van der Waals surface area contributed by atoms with Crippen molar-refractivity contribution in [1.29, 1.82) is 0 Å². The summed E-state index contributed by atoms with van der Waals surface area (Å²) in [6.07, 6.45) is 1.60. The second-order valence-corrected chi connectivity index (χ2v) is 5.94. The molecule has 1 aromatic heterocycles. The van der Waals surface area contributed by atoms with Crippen LogP contribution in [0.1, 0.15) is 11.1 Å². The summed E-state index contributed by atoms with van der Waals surface area (Å²) < 4.78 is 7.35. The van der Waals surface area contributed by atoms with Crippen molar-refractivity contribution >= 4 is 27.5 Å². The van der Waals surface area contributed by atoms with E-state index in [2.05, 4.69) is 21.2 Å². The molecule has 0 saturated carbocycles. The van der Waals surface area contributed by atoms with E-state index in [0.29, 0.717) is 17.0 Å². The van der Waals surface area contributed by atoms with Gasteiger partial charge in [-0.2, -0.15) is 0 Å². The van der Waals surface area contributed by atoms with Gasteiger partial charge < -0.3 is 14.6 Å². The number of rotatable bonds is 4. The van der Waals surface area contributed by atoms with Crippen molar-refractivity contribution in [3.8, 4) is 5.75 Å². The van der Waals surface area contributed by atoms with Crippen LogP contribution < -0.4 is 15.6 Å². The molecular formula is C16H17BrN2O3. The van der Waals surface area contributed by atoms with Gasteiger partial charge in [-0.05, 0) is 53.5 Å². The molecular weight excluding hydrogens is 348 g/mol. The summed E-state index contributed by atoms with van der Waals surface area (Å²) in [7, 11) is 1.54. The first-order chi connectivity index (χ1) is 10.4. The lowest BCUT2D eigenvalue weighted by molar-refractivity contribution is -0.116. The van der Waals surface area contributed by atoms with Crippen molar-refractivity contribution in [2.24, 2.45) is 0 Å². The number of carbonyl (C=O) groups excluding carboxylic acids is 1. The summed E-state index contributed by atoms with van der Waals surface area (Å²) in [6.45, 7) is 3.58. The molecule has 0 spiro atoms. The smallest absolute Gasteiger partial charge is 0.253 e. The molecule has 2 aromatic rings. The first kappa shape index (κ1) is 16.3. The van der Waals surface area contributed by atoms with Crippen LogP contribution in [-0.4, -0.2) is 17.6 Å². The predicted octanol–water partition coefficient (Wildman–Crippen LogP) is 2.87. The van der Waals surface area contributed by atoms with Crippen molar-refractivity contribution in [2.75, 3.05) is 12.4 Å². The number of carbonyl (C=O) groups is 1. The number of aromatic nitrogens is 1. The fourth-order valence-electron chi connectivity index (χ4n) is 2.12. The highest BCUT2D eigenvalue weighted by atomic mass is 79.9. The average molecular weight is 365 g/mol. The van der Waals surface area contributed by atoms with E-state index in [9.17, 15) is 9.59 Å². The molecule has 1 heterocycles. The molecule has 0 aliphatic rings. The molecule has 2 rings (SSSR count). The lowest BCUT2D eigenvalue weighted by atomic mass is 10.2. The van der Waals surface area contributed by atoms with Crippen LogP contribution in [0.4, 0.5) is 5.69 Å². The molecule has 0 radical (unpaired) electrons. The predicted molar refractivity (Wildman–Crippen MR) is 89.5 cm³/mol. The number of amides is 1. The van der Waals surface area contributed by atoms with E-state index in [4.69, 9.17) is 4.74 Å². The minimum atomic E-state index is -0.288. The monoisotopic (exact) mass is 364 g/mol. The van der Waals surface area contributed by atoms with Crippen molar-refractivity contribution < 1.29 is 9.53 Å². The van der Waals surface area contributed by atoms with E-state index in [1.54, 1.807) is 32.4 Å². The highest BCUT2D eigenvalue weighted by Crippen LogP contribution is 2.25. The Bertz CT molecular complexity index is 768. The molecule has 0 unspecified atom stereocenters. The maximum absolute atomic E-state index is 12.2. The van der Waals surface area contributed by atoms with Gasteiger partial charge in [0.2, 0.25) is 5.91 Å². The summed E-state index contributed by atoms with van der Waals surface area (Å²) in [5.41, 5.74) is 1.99. The fraction of sp³-hybridized carbons (Fsp3) is 0.250. The van der Waals surface area contributed by atoms with Gasteiger partial charge in [0.05, 0.1) is 12.8 Å². The molecule has 1 amide bonds. The Morgan fingerprint density at radius 2 is 2.05 bits per heavy atom. The van der Waals surface area contributed by atoms with Gasteiger partial charge in [-0.3, -0.25) is 9.59 Å². The van der Waals surface area contributed by atoms with Gasteiger partial charge in [-0.1, -0.05) is 6.07 Å². The molecule has 1 aromatic carbocycles. The Kier molecular flexibility index (Phi) is 5.03. The van der Waals surface area contributed by atoms with Crippen molar-refractivity contribution in [3.63, 3.8) is 0 Å². The van der Waals surface area contributed by atoms with Gasteiger partial charge in [0.15, 0.2) is 0 Å². The van der Waals surface area contributed by atoms with Crippen LogP contribution in [-0.2, 0) is 11.3 Å². The van der Waals surface area contributed by atoms with E-state index >= 15 is 0 Å². The summed E-state index contributed by atoms with van der Waals surface area (Å²) >= 11 is 3.32. The molecule has 0 atom stereocenters. The Hall–Kier alpha value is -2.08. The number of ether oxygens (including phenoxy) is 1. The first-order valence-corrected chi connectivity index (χ1v) is 7.51. The zero-order valence-electron chi connectivity index (χ0n) is 12.6. The third kappa shape index (κ3) is 3.76. The van der Waals surface area contributed by atoms with E-state index < -0.39 is 0 Å². The third-order valence-electron chi connectivity index (χ3n) is 3.17. The number of nitrogens with one attached hydrogen (secondary N) is 1. The zero-order valence-corrected chi connectivity index (χ0v) is 14.2. The van der Waals surface area contributed by atoms with Crippen LogP contribution in [0.25, 0.3) is 0 Å². The van der Waals surface area contributed by atoms with Crippen LogP contribution >= 0.6 is 15.9 Å². The lowest BCUT2D eigenvalue weighted by Crippen LogP contribution is -2.28. The number of hydrogen-bond donors (Lipinski definition) is 1.